The molecule has 4 rings (SSSR count). The maximum Gasteiger partial charge on any atom is 0.159 e. The lowest BCUT2D eigenvalue weighted by molar-refractivity contribution is 0.586. The Hall–Kier alpha value is -2.60. The van der Waals surface area contributed by atoms with E-state index in [1.54, 1.807) is 12.1 Å². The summed E-state index contributed by atoms with van der Waals surface area (Å²) >= 11 is 0. The largest absolute Gasteiger partial charge is 0.330 e. The van der Waals surface area contributed by atoms with Gasteiger partial charge in [0, 0.05) is 30.1 Å². The van der Waals surface area contributed by atoms with Crippen molar-refractivity contribution < 1.29 is 4.39 Å². The molecule has 0 bridgehead atoms. The van der Waals surface area contributed by atoms with Crippen molar-refractivity contribution in [3.8, 4) is 22.8 Å². The summed E-state index contributed by atoms with van der Waals surface area (Å²) in [6.45, 7) is 1.47. The normalized spacial score (nSPS) is 12.8. The standard InChI is InChI=1S/C18H18FN5/c19-15-6-4-12(5-7-15)18-21-10-13-2-3-14-11-24(9-1-8-20)23-17(14)16(13)22-18/h4-7,10-11H,1-3,8-9,20H2. The predicted molar refractivity (Wildman–Crippen MR) is 89.7 cm³/mol. The van der Waals surface area contributed by atoms with E-state index in [1.807, 2.05) is 10.9 Å². The van der Waals surface area contributed by atoms with Gasteiger partial charge in [0.1, 0.15) is 11.5 Å². The third-order valence-corrected chi connectivity index (χ3v) is 4.28. The van der Waals surface area contributed by atoms with Gasteiger partial charge in [-0.2, -0.15) is 5.10 Å². The van der Waals surface area contributed by atoms with E-state index in [9.17, 15) is 4.39 Å². The summed E-state index contributed by atoms with van der Waals surface area (Å²) in [5.41, 5.74) is 10.5. The Morgan fingerprint density at radius 3 is 2.67 bits per heavy atom. The molecule has 3 aromatic rings. The highest BCUT2D eigenvalue weighted by atomic mass is 19.1. The average Bonchev–Trinajstić information content (AvgIpc) is 3.03. The van der Waals surface area contributed by atoms with Crippen LogP contribution < -0.4 is 5.73 Å². The maximum absolute atomic E-state index is 13.1. The smallest absolute Gasteiger partial charge is 0.159 e. The van der Waals surface area contributed by atoms with Crippen molar-refractivity contribution in [2.24, 2.45) is 5.73 Å². The van der Waals surface area contributed by atoms with Crippen LogP contribution in [0.1, 0.15) is 17.5 Å². The molecule has 24 heavy (non-hydrogen) atoms. The van der Waals surface area contributed by atoms with E-state index >= 15 is 0 Å². The van der Waals surface area contributed by atoms with Gasteiger partial charge in [-0.1, -0.05) is 0 Å². The van der Waals surface area contributed by atoms with Crippen LogP contribution in [0.3, 0.4) is 0 Å². The van der Waals surface area contributed by atoms with E-state index in [0.29, 0.717) is 12.4 Å². The predicted octanol–water partition coefficient (Wildman–Crippen LogP) is 2.59. The maximum atomic E-state index is 13.1. The first kappa shape index (κ1) is 15.0. The van der Waals surface area contributed by atoms with Crippen LogP contribution in [0.2, 0.25) is 0 Å². The first-order chi connectivity index (χ1) is 11.7. The Balaban J connectivity index is 1.74. The molecule has 1 aliphatic carbocycles. The molecular formula is C18H18FN5. The Kier molecular flexibility index (Phi) is 3.82. The minimum atomic E-state index is -0.266. The SMILES string of the molecule is NCCCn1cc2c(n1)-c1nc(-c3ccc(F)cc3)ncc1CC2. The number of nitrogens with two attached hydrogens (primary N) is 1. The van der Waals surface area contributed by atoms with E-state index in [4.69, 9.17) is 10.7 Å². The number of halogens is 1. The number of aryl methyl sites for hydroxylation is 3. The summed E-state index contributed by atoms with van der Waals surface area (Å²) in [7, 11) is 0. The van der Waals surface area contributed by atoms with Crippen molar-refractivity contribution in [3.63, 3.8) is 0 Å². The summed E-state index contributed by atoms with van der Waals surface area (Å²) in [5.74, 6) is 0.329. The molecule has 5 nitrogen and oxygen atoms in total. The molecule has 1 aliphatic rings. The molecule has 0 amide bonds. The van der Waals surface area contributed by atoms with Crippen molar-refractivity contribution >= 4 is 0 Å². The first-order valence-electron chi connectivity index (χ1n) is 8.13. The molecule has 0 atom stereocenters. The zero-order valence-electron chi connectivity index (χ0n) is 13.2. The third-order valence-electron chi connectivity index (χ3n) is 4.28. The molecule has 0 fully saturated rings. The molecule has 6 heteroatoms. The minimum absolute atomic E-state index is 0.266. The molecule has 0 aliphatic heterocycles. The molecule has 0 saturated carbocycles. The average molecular weight is 323 g/mol. The van der Waals surface area contributed by atoms with Crippen molar-refractivity contribution in [1.82, 2.24) is 19.7 Å². The number of fused-ring (bicyclic) bond motifs is 3. The van der Waals surface area contributed by atoms with Gasteiger partial charge in [-0.3, -0.25) is 4.68 Å². The molecule has 0 radical (unpaired) electrons. The van der Waals surface area contributed by atoms with E-state index < -0.39 is 0 Å². The summed E-state index contributed by atoms with van der Waals surface area (Å²) in [6, 6.07) is 6.23. The molecule has 0 unspecified atom stereocenters. The van der Waals surface area contributed by atoms with Gasteiger partial charge in [-0.15, -0.1) is 0 Å². The van der Waals surface area contributed by atoms with E-state index in [0.717, 1.165) is 48.3 Å². The summed E-state index contributed by atoms with van der Waals surface area (Å²) in [4.78, 5) is 9.15. The van der Waals surface area contributed by atoms with Gasteiger partial charge in [0.25, 0.3) is 0 Å². The lowest BCUT2D eigenvalue weighted by Crippen LogP contribution is -2.07. The van der Waals surface area contributed by atoms with Crippen LogP contribution in [0.5, 0.6) is 0 Å². The summed E-state index contributed by atoms with van der Waals surface area (Å²) < 4.78 is 15.1. The molecule has 0 spiro atoms. The molecule has 2 aromatic heterocycles. The third kappa shape index (κ3) is 2.69. The second kappa shape index (κ2) is 6.13. The number of benzene rings is 1. The Bertz CT molecular complexity index is 870. The number of aromatic nitrogens is 4. The van der Waals surface area contributed by atoms with Crippen molar-refractivity contribution in [1.29, 1.82) is 0 Å². The fraction of sp³-hybridized carbons (Fsp3) is 0.278. The lowest BCUT2D eigenvalue weighted by atomic mass is 9.95. The zero-order chi connectivity index (χ0) is 16.5. The highest BCUT2D eigenvalue weighted by molar-refractivity contribution is 5.68. The Morgan fingerprint density at radius 1 is 1.08 bits per heavy atom. The van der Waals surface area contributed by atoms with Gasteiger partial charge in [0.2, 0.25) is 0 Å². The van der Waals surface area contributed by atoms with Gasteiger partial charge >= 0.3 is 0 Å². The summed E-state index contributed by atoms with van der Waals surface area (Å²) in [6.07, 6.45) is 6.72. The second-order valence-corrected chi connectivity index (χ2v) is 5.98. The highest BCUT2D eigenvalue weighted by Gasteiger charge is 2.22. The molecule has 0 saturated heterocycles. The quantitative estimate of drug-likeness (QED) is 0.801. The van der Waals surface area contributed by atoms with Crippen LogP contribution >= 0.6 is 0 Å². The lowest BCUT2D eigenvalue weighted by Gasteiger charge is -2.14. The highest BCUT2D eigenvalue weighted by Crippen LogP contribution is 2.31. The molecule has 1 aromatic carbocycles. The van der Waals surface area contributed by atoms with E-state index in [2.05, 4.69) is 16.3 Å². The van der Waals surface area contributed by atoms with E-state index in [-0.39, 0.29) is 5.82 Å². The summed E-state index contributed by atoms with van der Waals surface area (Å²) in [5, 5.41) is 4.69. The minimum Gasteiger partial charge on any atom is -0.330 e. The van der Waals surface area contributed by atoms with E-state index in [1.165, 1.54) is 17.7 Å². The van der Waals surface area contributed by atoms with Gasteiger partial charge in [-0.05, 0) is 55.6 Å². The van der Waals surface area contributed by atoms with Crippen LogP contribution in [0.15, 0.2) is 36.7 Å². The first-order valence-corrected chi connectivity index (χ1v) is 8.13. The fourth-order valence-corrected chi connectivity index (χ4v) is 3.01. The number of hydrogen-bond donors (Lipinski definition) is 1. The molecule has 2 N–H and O–H groups in total. The van der Waals surface area contributed by atoms with Gasteiger partial charge in [0.15, 0.2) is 5.82 Å². The van der Waals surface area contributed by atoms with Crippen LogP contribution in [-0.4, -0.2) is 26.3 Å². The number of hydrogen-bond acceptors (Lipinski definition) is 4. The van der Waals surface area contributed by atoms with Crippen molar-refractivity contribution in [3.05, 3.63) is 53.6 Å². The van der Waals surface area contributed by atoms with Gasteiger partial charge in [0.05, 0.1) is 5.69 Å². The zero-order valence-corrected chi connectivity index (χ0v) is 13.2. The molecule has 2 heterocycles. The van der Waals surface area contributed by atoms with Crippen molar-refractivity contribution in [2.75, 3.05) is 6.54 Å². The van der Waals surface area contributed by atoms with Gasteiger partial charge in [-0.25, -0.2) is 14.4 Å². The Morgan fingerprint density at radius 2 is 1.88 bits per heavy atom. The fourth-order valence-electron chi connectivity index (χ4n) is 3.01. The topological polar surface area (TPSA) is 69.6 Å². The van der Waals surface area contributed by atoms with Crippen LogP contribution in [0, 0.1) is 5.82 Å². The van der Waals surface area contributed by atoms with Crippen LogP contribution in [-0.2, 0) is 19.4 Å². The molecular weight excluding hydrogens is 305 g/mol. The van der Waals surface area contributed by atoms with Crippen LogP contribution in [0.25, 0.3) is 22.8 Å². The van der Waals surface area contributed by atoms with Crippen molar-refractivity contribution in [2.45, 2.75) is 25.8 Å². The number of rotatable bonds is 4. The monoisotopic (exact) mass is 323 g/mol. The number of nitrogens with zero attached hydrogens (tertiary/aromatic N) is 4. The second-order valence-electron chi connectivity index (χ2n) is 5.98. The Labute approximate surface area is 139 Å². The van der Waals surface area contributed by atoms with Gasteiger partial charge < -0.3 is 5.73 Å². The molecule has 122 valence electrons. The van der Waals surface area contributed by atoms with Crippen LogP contribution in [0.4, 0.5) is 4.39 Å².